The second-order valence-corrected chi connectivity index (χ2v) is 3.70. The van der Waals surface area contributed by atoms with Crippen LogP contribution in [-0.4, -0.2) is 16.1 Å². The number of hydrogen-bond acceptors (Lipinski definition) is 2. The van der Waals surface area contributed by atoms with Crippen LogP contribution >= 0.6 is 0 Å². The Labute approximate surface area is 82.8 Å². The Bertz CT molecular complexity index is 360. The van der Waals surface area contributed by atoms with Crippen molar-refractivity contribution in [2.45, 2.75) is 32.1 Å². The SMILES string of the molecule is O=C(O)CCc1cnc2c(c1)CCC2. The number of aliphatic carboxylic acids is 1. The average Bonchev–Trinajstić information content (AvgIpc) is 2.61. The molecule has 0 atom stereocenters. The van der Waals surface area contributed by atoms with Gasteiger partial charge in [-0.3, -0.25) is 9.78 Å². The number of nitrogens with zero attached hydrogens (tertiary/aromatic N) is 1. The van der Waals surface area contributed by atoms with Gasteiger partial charge in [0.2, 0.25) is 0 Å². The van der Waals surface area contributed by atoms with E-state index in [0.29, 0.717) is 6.42 Å². The van der Waals surface area contributed by atoms with Gasteiger partial charge in [0.05, 0.1) is 0 Å². The van der Waals surface area contributed by atoms with Crippen molar-refractivity contribution in [3.05, 3.63) is 29.1 Å². The predicted octanol–water partition coefficient (Wildman–Crippen LogP) is 1.59. The first-order valence-corrected chi connectivity index (χ1v) is 4.94. The molecule has 3 heteroatoms. The van der Waals surface area contributed by atoms with E-state index in [1.54, 1.807) is 0 Å². The minimum absolute atomic E-state index is 0.195. The minimum Gasteiger partial charge on any atom is -0.481 e. The lowest BCUT2D eigenvalue weighted by atomic mass is 10.1. The van der Waals surface area contributed by atoms with Crippen molar-refractivity contribution < 1.29 is 9.90 Å². The van der Waals surface area contributed by atoms with Gasteiger partial charge in [-0.1, -0.05) is 6.07 Å². The summed E-state index contributed by atoms with van der Waals surface area (Å²) in [7, 11) is 0. The molecule has 0 bridgehead atoms. The second kappa shape index (κ2) is 3.78. The molecule has 1 aromatic rings. The summed E-state index contributed by atoms with van der Waals surface area (Å²) in [6.45, 7) is 0. The second-order valence-electron chi connectivity index (χ2n) is 3.70. The van der Waals surface area contributed by atoms with E-state index in [1.165, 1.54) is 17.7 Å². The largest absolute Gasteiger partial charge is 0.481 e. The van der Waals surface area contributed by atoms with E-state index in [4.69, 9.17) is 5.11 Å². The summed E-state index contributed by atoms with van der Waals surface area (Å²) in [5.74, 6) is -0.745. The van der Waals surface area contributed by atoms with Crippen LogP contribution in [0.15, 0.2) is 12.3 Å². The molecular formula is C11H13NO2. The van der Waals surface area contributed by atoms with Crippen LogP contribution in [0.4, 0.5) is 0 Å². The van der Waals surface area contributed by atoms with Gasteiger partial charge in [-0.15, -0.1) is 0 Å². The Hall–Kier alpha value is -1.38. The quantitative estimate of drug-likeness (QED) is 0.789. The number of carboxylic acid groups (broad SMARTS) is 1. The Balaban J connectivity index is 2.09. The van der Waals surface area contributed by atoms with Crippen molar-refractivity contribution in [3.63, 3.8) is 0 Å². The van der Waals surface area contributed by atoms with Crippen molar-refractivity contribution in [1.82, 2.24) is 4.98 Å². The molecule has 1 aromatic heterocycles. The van der Waals surface area contributed by atoms with E-state index in [9.17, 15) is 4.79 Å². The number of rotatable bonds is 3. The molecule has 3 nitrogen and oxygen atoms in total. The van der Waals surface area contributed by atoms with Crippen LogP contribution in [0.2, 0.25) is 0 Å². The normalized spacial score (nSPS) is 14.0. The number of hydrogen-bond donors (Lipinski definition) is 1. The first-order valence-electron chi connectivity index (χ1n) is 4.94. The molecule has 0 spiro atoms. The summed E-state index contributed by atoms with van der Waals surface area (Å²) in [6, 6.07) is 2.11. The zero-order chi connectivity index (χ0) is 9.97. The average molecular weight is 191 g/mol. The number of aromatic nitrogens is 1. The molecule has 0 amide bonds. The summed E-state index contributed by atoms with van der Waals surface area (Å²) in [5, 5.41) is 8.55. The Morgan fingerprint density at radius 3 is 3.14 bits per heavy atom. The lowest BCUT2D eigenvalue weighted by molar-refractivity contribution is -0.136. The van der Waals surface area contributed by atoms with Crippen LogP contribution in [0.3, 0.4) is 0 Å². The molecule has 0 saturated carbocycles. The van der Waals surface area contributed by atoms with Crippen LogP contribution in [0.25, 0.3) is 0 Å². The summed E-state index contributed by atoms with van der Waals surface area (Å²) in [4.78, 5) is 14.7. The molecule has 0 aromatic carbocycles. The highest BCUT2D eigenvalue weighted by atomic mass is 16.4. The van der Waals surface area contributed by atoms with Gasteiger partial charge in [0.25, 0.3) is 0 Å². The summed E-state index contributed by atoms with van der Waals surface area (Å²) in [6.07, 6.45) is 5.96. The third kappa shape index (κ3) is 1.92. The van der Waals surface area contributed by atoms with E-state index in [2.05, 4.69) is 11.1 Å². The van der Waals surface area contributed by atoms with Crippen molar-refractivity contribution >= 4 is 5.97 Å². The predicted molar refractivity (Wildman–Crippen MR) is 52.2 cm³/mol. The Morgan fingerprint density at radius 1 is 1.50 bits per heavy atom. The zero-order valence-corrected chi connectivity index (χ0v) is 7.99. The smallest absolute Gasteiger partial charge is 0.303 e. The molecule has 1 aliphatic rings. The van der Waals surface area contributed by atoms with Crippen LogP contribution in [0.1, 0.15) is 29.7 Å². The molecular weight excluding hydrogens is 178 g/mol. The van der Waals surface area contributed by atoms with E-state index in [0.717, 1.165) is 18.4 Å². The molecule has 0 saturated heterocycles. The van der Waals surface area contributed by atoms with Crippen molar-refractivity contribution in [2.75, 3.05) is 0 Å². The van der Waals surface area contributed by atoms with E-state index in [1.807, 2.05) is 6.20 Å². The zero-order valence-electron chi connectivity index (χ0n) is 7.99. The maximum atomic E-state index is 10.4. The molecule has 0 radical (unpaired) electrons. The highest BCUT2D eigenvalue weighted by molar-refractivity contribution is 5.67. The lowest BCUT2D eigenvalue weighted by Gasteiger charge is -2.02. The van der Waals surface area contributed by atoms with E-state index in [-0.39, 0.29) is 6.42 Å². The summed E-state index contributed by atoms with van der Waals surface area (Å²) in [5.41, 5.74) is 3.56. The topological polar surface area (TPSA) is 50.2 Å². The lowest BCUT2D eigenvalue weighted by Crippen LogP contribution is -1.99. The number of carbonyl (C=O) groups is 1. The number of aryl methyl sites for hydroxylation is 3. The molecule has 1 aliphatic carbocycles. The van der Waals surface area contributed by atoms with Crippen LogP contribution in [-0.2, 0) is 24.1 Å². The van der Waals surface area contributed by atoms with Crippen LogP contribution < -0.4 is 0 Å². The Kier molecular flexibility index (Phi) is 2.48. The highest BCUT2D eigenvalue weighted by Crippen LogP contribution is 2.20. The standard InChI is InChI=1S/C11H13NO2/c13-11(14)5-4-8-6-9-2-1-3-10(9)12-7-8/h6-7H,1-5H2,(H,13,14). The molecule has 0 fully saturated rings. The van der Waals surface area contributed by atoms with Gasteiger partial charge in [0, 0.05) is 18.3 Å². The van der Waals surface area contributed by atoms with Gasteiger partial charge in [-0.25, -0.2) is 0 Å². The number of carboxylic acids is 1. The molecule has 0 unspecified atom stereocenters. The van der Waals surface area contributed by atoms with Gasteiger partial charge in [0.15, 0.2) is 0 Å². The monoisotopic (exact) mass is 191 g/mol. The van der Waals surface area contributed by atoms with Gasteiger partial charge in [0.1, 0.15) is 0 Å². The fourth-order valence-corrected chi connectivity index (χ4v) is 1.86. The first-order chi connectivity index (χ1) is 6.75. The van der Waals surface area contributed by atoms with E-state index >= 15 is 0 Å². The maximum absolute atomic E-state index is 10.4. The molecule has 1 heterocycles. The molecule has 1 N–H and O–H groups in total. The number of pyridine rings is 1. The Morgan fingerprint density at radius 2 is 2.36 bits per heavy atom. The van der Waals surface area contributed by atoms with Gasteiger partial charge in [-0.2, -0.15) is 0 Å². The summed E-state index contributed by atoms with van der Waals surface area (Å²) >= 11 is 0. The third-order valence-electron chi connectivity index (χ3n) is 2.60. The summed E-state index contributed by atoms with van der Waals surface area (Å²) < 4.78 is 0. The third-order valence-corrected chi connectivity index (χ3v) is 2.60. The highest BCUT2D eigenvalue weighted by Gasteiger charge is 2.12. The fraction of sp³-hybridized carbons (Fsp3) is 0.455. The van der Waals surface area contributed by atoms with Crippen molar-refractivity contribution in [1.29, 1.82) is 0 Å². The molecule has 74 valence electrons. The number of fused-ring (bicyclic) bond motifs is 1. The molecule has 14 heavy (non-hydrogen) atoms. The van der Waals surface area contributed by atoms with Crippen molar-refractivity contribution in [3.8, 4) is 0 Å². The fourth-order valence-electron chi connectivity index (χ4n) is 1.86. The molecule has 0 aliphatic heterocycles. The van der Waals surface area contributed by atoms with Crippen LogP contribution in [0, 0.1) is 0 Å². The van der Waals surface area contributed by atoms with Crippen molar-refractivity contribution in [2.24, 2.45) is 0 Å². The van der Waals surface area contributed by atoms with Gasteiger partial charge in [-0.05, 0) is 36.8 Å². The maximum Gasteiger partial charge on any atom is 0.303 e. The minimum atomic E-state index is -0.745. The van der Waals surface area contributed by atoms with Crippen LogP contribution in [0.5, 0.6) is 0 Å². The van der Waals surface area contributed by atoms with Gasteiger partial charge >= 0.3 is 5.97 Å². The first kappa shape index (κ1) is 9.19. The van der Waals surface area contributed by atoms with Gasteiger partial charge < -0.3 is 5.11 Å². The molecule has 2 rings (SSSR count). The van der Waals surface area contributed by atoms with E-state index < -0.39 is 5.97 Å².